The average Bonchev–Trinajstić information content (AvgIpc) is 2.25. The van der Waals surface area contributed by atoms with Gasteiger partial charge in [-0.05, 0) is 6.07 Å². The summed E-state index contributed by atoms with van der Waals surface area (Å²) in [7, 11) is 0.779. The topological polar surface area (TPSA) is 96.5 Å². The predicted octanol–water partition coefficient (Wildman–Crippen LogP) is 0.887. The third-order valence-corrected chi connectivity index (χ3v) is 1.98. The summed E-state index contributed by atoms with van der Waals surface area (Å²) < 4.78 is 36.6. The highest BCUT2D eigenvalue weighted by Gasteiger charge is 2.42. The van der Waals surface area contributed by atoms with Gasteiger partial charge in [0.25, 0.3) is 0 Å². The number of hydrogen-bond donors (Lipinski definition) is 2. The van der Waals surface area contributed by atoms with Crippen LogP contribution in [0.1, 0.15) is 10.4 Å². The Hall–Kier alpha value is -2.32. The Balaban J connectivity index is 3.25. The lowest BCUT2D eigenvalue weighted by Crippen LogP contribution is -2.39. The van der Waals surface area contributed by atoms with Gasteiger partial charge in [-0.25, -0.2) is 9.78 Å². The fourth-order valence-corrected chi connectivity index (χ4v) is 1.18. The minimum atomic E-state index is -5.12. The number of rotatable bonds is 2. The first-order valence-electron chi connectivity index (χ1n) is 4.48. The first-order chi connectivity index (χ1) is 8.14. The van der Waals surface area contributed by atoms with E-state index in [-0.39, 0.29) is 10.6 Å². The van der Waals surface area contributed by atoms with Gasteiger partial charge in [0.2, 0.25) is 0 Å². The van der Waals surface area contributed by atoms with Gasteiger partial charge in [-0.2, -0.15) is 13.2 Å². The third-order valence-electron chi connectivity index (χ3n) is 1.98. The molecule has 0 bridgehead atoms. The van der Waals surface area contributed by atoms with E-state index in [0.29, 0.717) is 0 Å². The number of aromatic nitrogens is 1. The molecule has 6 nitrogen and oxygen atoms in total. The summed E-state index contributed by atoms with van der Waals surface area (Å²) in [4.78, 5) is 25.3. The molecule has 0 aliphatic rings. The molecule has 0 saturated carbocycles. The summed E-state index contributed by atoms with van der Waals surface area (Å²) >= 11 is 0. The summed E-state index contributed by atoms with van der Waals surface area (Å²) in [5.41, 5.74) is 4.65. The minimum absolute atomic E-state index is 0.0380. The van der Waals surface area contributed by atoms with E-state index in [1.165, 1.54) is 0 Å². The van der Waals surface area contributed by atoms with Crippen LogP contribution in [0.15, 0.2) is 12.3 Å². The number of carbonyl (C=O) groups excluding carboxylic acids is 1. The van der Waals surface area contributed by atoms with Crippen molar-refractivity contribution in [3.05, 3.63) is 17.8 Å². The number of nitrogens with two attached hydrogens (primary N) is 1. The smallest absolute Gasteiger partial charge is 0.471 e. The summed E-state index contributed by atoms with van der Waals surface area (Å²) in [6.07, 6.45) is -4.16. The van der Waals surface area contributed by atoms with Crippen molar-refractivity contribution in [3.8, 4) is 0 Å². The zero-order valence-electron chi connectivity index (χ0n) is 9.02. The normalized spacial score (nSPS) is 11.1. The number of amides is 1. The number of alkyl halides is 3. The second-order valence-electron chi connectivity index (χ2n) is 3.31. The maximum atomic E-state index is 12.2. The van der Waals surface area contributed by atoms with Crippen molar-refractivity contribution in [2.24, 2.45) is 0 Å². The van der Waals surface area contributed by atoms with Crippen molar-refractivity contribution >= 4 is 23.4 Å². The summed E-state index contributed by atoms with van der Waals surface area (Å²) in [6.45, 7) is 0. The lowest BCUT2D eigenvalue weighted by Gasteiger charge is -2.19. The Morgan fingerprint density at radius 2 is 2.00 bits per heavy atom. The van der Waals surface area contributed by atoms with E-state index in [0.717, 1.165) is 19.3 Å². The number of anilines is 2. The number of pyridine rings is 1. The molecule has 1 heterocycles. The van der Waals surface area contributed by atoms with Crippen LogP contribution in [0, 0.1) is 0 Å². The molecule has 1 aromatic heterocycles. The van der Waals surface area contributed by atoms with Crippen LogP contribution in [0.25, 0.3) is 0 Å². The Labute approximate surface area is 98.8 Å². The van der Waals surface area contributed by atoms with Crippen LogP contribution in [0.5, 0.6) is 0 Å². The largest absolute Gasteiger partial charge is 0.478 e. The van der Waals surface area contributed by atoms with E-state index in [1.807, 2.05) is 0 Å². The van der Waals surface area contributed by atoms with Gasteiger partial charge in [0.1, 0.15) is 11.4 Å². The maximum Gasteiger partial charge on any atom is 0.471 e. The van der Waals surface area contributed by atoms with E-state index < -0.39 is 29.4 Å². The van der Waals surface area contributed by atoms with Crippen molar-refractivity contribution < 1.29 is 27.9 Å². The molecule has 0 fully saturated rings. The van der Waals surface area contributed by atoms with E-state index in [4.69, 9.17) is 10.8 Å². The highest BCUT2D eigenvalue weighted by molar-refractivity contribution is 6.02. The number of aromatic carboxylic acids is 1. The fraction of sp³-hybridized carbons (Fsp3) is 0.222. The number of carboxylic acid groups (broad SMARTS) is 1. The maximum absolute atomic E-state index is 12.2. The molecule has 98 valence electrons. The molecule has 0 aromatic carbocycles. The number of nitrogen functional groups attached to an aromatic ring is 1. The Bertz CT molecular complexity index is 502. The van der Waals surface area contributed by atoms with Crippen molar-refractivity contribution in [2.75, 3.05) is 17.7 Å². The molecule has 0 spiro atoms. The second kappa shape index (κ2) is 4.51. The molecule has 0 unspecified atom stereocenters. The van der Waals surface area contributed by atoms with E-state index in [1.54, 1.807) is 0 Å². The first-order valence-corrected chi connectivity index (χ1v) is 4.48. The molecule has 1 amide bonds. The molecule has 0 atom stereocenters. The number of halogens is 3. The molecule has 0 radical (unpaired) electrons. The van der Waals surface area contributed by atoms with Gasteiger partial charge >= 0.3 is 18.1 Å². The fourth-order valence-electron chi connectivity index (χ4n) is 1.18. The second-order valence-corrected chi connectivity index (χ2v) is 3.31. The molecule has 1 rings (SSSR count). The van der Waals surface area contributed by atoms with Crippen LogP contribution in [-0.4, -0.2) is 35.2 Å². The van der Waals surface area contributed by atoms with Gasteiger partial charge in [-0.15, -0.1) is 0 Å². The van der Waals surface area contributed by atoms with Gasteiger partial charge in [0.05, 0.1) is 11.9 Å². The molecular formula is C9H8F3N3O3. The van der Waals surface area contributed by atoms with Crippen LogP contribution in [0.3, 0.4) is 0 Å². The standard InChI is InChI=1S/C9H8F3N3O3/c1-15(8(18)9(10,11)12)6-5(7(16)17)2-4(13)3-14-6/h2-3H,13H2,1H3,(H,16,17). The van der Waals surface area contributed by atoms with Gasteiger partial charge in [0.15, 0.2) is 0 Å². The molecule has 0 saturated heterocycles. The van der Waals surface area contributed by atoms with Crippen LogP contribution in [0.2, 0.25) is 0 Å². The van der Waals surface area contributed by atoms with E-state index in [9.17, 15) is 22.8 Å². The monoisotopic (exact) mass is 263 g/mol. The molecule has 3 N–H and O–H groups in total. The van der Waals surface area contributed by atoms with E-state index in [2.05, 4.69) is 4.98 Å². The van der Waals surface area contributed by atoms with Gasteiger partial charge in [0, 0.05) is 7.05 Å². The predicted molar refractivity (Wildman–Crippen MR) is 55.1 cm³/mol. The minimum Gasteiger partial charge on any atom is -0.478 e. The van der Waals surface area contributed by atoms with Gasteiger partial charge in [-0.1, -0.05) is 0 Å². The van der Waals surface area contributed by atoms with Crippen molar-refractivity contribution in [1.29, 1.82) is 0 Å². The Morgan fingerprint density at radius 1 is 1.44 bits per heavy atom. The molecular weight excluding hydrogens is 255 g/mol. The lowest BCUT2D eigenvalue weighted by molar-refractivity contribution is -0.170. The van der Waals surface area contributed by atoms with Crippen LogP contribution < -0.4 is 10.6 Å². The Kier molecular flexibility index (Phi) is 3.44. The molecule has 9 heteroatoms. The van der Waals surface area contributed by atoms with Crippen molar-refractivity contribution in [3.63, 3.8) is 0 Å². The molecule has 0 aliphatic heterocycles. The molecule has 0 aliphatic carbocycles. The SMILES string of the molecule is CN(C(=O)C(F)(F)F)c1ncc(N)cc1C(=O)O. The summed E-state index contributed by atoms with van der Waals surface area (Å²) in [6, 6.07) is 0.921. The van der Waals surface area contributed by atoms with Crippen LogP contribution in [0.4, 0.5) is 24.7 Å². The van der Waals surface area contributed by atoms with Crippen molar-refractivity contribution in [1.82, 2.24) is 4.98 Å². The first kappa shape index (κ1) is 13.7. The number of carbonyl (C=O) groups is 2. The van der Waals surface area contributed by atoms with Crippen LogP contribution >= 0.6 is 0 Å². The lowest BCUT2D eigenvalue weighted by atomic mass is 10.2. The van der Waals surface area contributed by atoms with Crippen molar-refractivity contribution in [2.45, 2.75) is 6.18 Å². The zero-order chi connectivity index (χ0) is 14.1. The number of hydrogen-bond acceptors (Lipinski definition) is 4. The molecule has 18 heavy (non-hydrogen) atoms. The highest BCUT2D eigenvalue weighted by Crippen LogP contribution is 2.24. The quantitative estimate of drug-likeness (QED) is 0.825. The highest BCUT2D eigenvalue weighted by atomic mass is 19.4. The zero-order valence-corrected chi connectivity index (χ0v) is 9.02. The van der Waals surface area contributed by atoms with Gasteiger partial charge in [-0.3, -0.25) is 9.69 Å². The third kappa shape index (κ3) is 2.67. The van der Waals surface area contributed by atoms with E-state index >= 15 is 0 Å². The Morgan fingerprint density at radius 3 is 2.44 bits per heavy atom. The summed E-state index contributed by atoms with van der Waals surface area (Å²) in [5.74, 6) is -4.38. The van der Waals surface area contributed by atoms with Crippen LogP contribution in [-0.2, 0) is 4.79 Å². The average molecular weight is 263 g/mol. The number of nitrogens with zero attached hydrogens (tertiary/aromatic N) is 2. The molecule has 1 aromatic rings. The summed E-state index contributed by atoms with van der Waals surface area (Å²) in [5, 5.41) is 8.81. The van der Waals surface area contributed by atoms with Gasteiger partial charge < -0.3 is 10.8 Å². The number of carboxylic acids is 1.